The summed E-state index contributed by atoms with van der Waals surface area (Å²) in [5.41, 5.74) is 4.25. The number of carbonyl (C=O) groups is 1. The number of para-hydroxylation sites is 1. The number of nitrogens with zero attached hydrogens (tertiary/aromatic N) is 2. The van der Waals surface area contributed by atoms with Crippen molar-refractivity contribution >= 4 is 32.3 Å². The molecule has 1 aliphatic carbocycles. The quantitative estimate of drug-likeness (QED) is 0.698. The number of amides is 1. The number of anilines is 1. The lowest BCUT2D eigenvalue weighted by Crippen LogP contribution is -2.27. The zero-order valence-corrected chi connectivity index (χ0v) is 16.1. The number of pyridine rings is 1. The third-order valence-corrected chi connectivity index (χ3v) is 6.22. The van der Waals surface area contributed by atoms with Crippen LogP contribution in [0, 0.1) is 0 Å². The summed E-state index contributed by atoms with van der Waals surface area (Å²) in [5.74, 6) is -0.0983. The minimum absolute atomic E-state index is 0.0983. The van der Waals surface area contributed by atoms with Crippen LogP contribution in [0.2, 0.25) is 0 Å². The maximum Gasteiger partial charge on any atom is 0.259 e. The average molecular weight is 380 g/mol. The largest absolute Gasteiger partial charge is 0.311 e. The molecule has 0 spiro atoms. The number of aromatic nitrogens is 1. The topological polar surface area (TPSA) is 67.3 Å². The van der Waals surface area contributed by atoms with Gasteiger partial charge in [-0.15, -0.1) is 0 Å². The first-order chi connectivity index (χ1) is 12.9. The highest BCUT2D eigenvalue weighted by Gasteiger charge is 2.26. The number of sulfone groups is 1. The number of rotatable bonds is 3. The van der Waals surface area contributed by atoms with Crippen LogP contribution in [0.5, 0.6) is 0 Å². The van der Waals surface area contributed by atoms with Crippen molar-refractivity contribution < 1.29 is 13.2 Å². The van der Waals surface area contributed by atoms with Crippen LogP contribution in [0.3, 0.4) is 0 Å². The fraction of sp³-hybridized carbons (Fsp3) is 0.238. The minimum Gasteiger partial charge on any atom is -0.311 e. The second-order valence-corrected chi connectivity index (χ2v) is 8.93. The van der Waals surface area contributed by atoms with E-state index in [1.165, 1.54) is 18.4 Å². The molecule has 0 saturated carbocycles. The number of hydrogen-bond acceptors (Lipinski definition) is 4. The average Bonchev–Trinajstić information content (AvgIpc) is 3.12. The van der Waals surface area contributed by atoms with Crippen LogP contribution < -0.4 is 4.90 Å². The highest BCUT2D eigenvalue weighted by atomic mass is 32.2. The molecule has 0 N–H and O–H groups in total. The van der Waals surface area contributed by atoms with E-state index in [9.17, 15) is 13.2 Å². The van der Waals surface area contributed by atoms with E-state index in [0.717, 1.165) is 41.4 Å². The van der Waals surface area contributed by atoms with E-state index in [-0.39, 0.29) is 10.8 Å². The lowest BCUT2D eigenvalue weighted by atomic mass is 10.00. The summed E-state index contributed by atoms with van der Waals surface area (Å²) < 4.78 is 23.3. The van der Waals surface area contributed by atoms with Gasteiger partial charge in [-0.05, 0) is 55.2 Å². The molecule has 6 heteroatoms. The summed E-state index contributed by atoms with van der Waals surface area (Å²) in [6.07, 6.45) is 3.93. The van der Waals surface area contributed by atoms with Crippen molar-refractivity contribution in [3.63, 3.8) is 0 Å². The van der Waals surface area contributed by atoms with Gasteiger partial charge in [0.1, 0.15) is 0 Å². The third kappa shape index (κ3) is 3.10. The summed E-state index contributed by atoms with van der Waals surface area (Å²) in [6, 6.07) is 14.1. The van der Waals surface area contributed by atoms with E-state index in [2.05, 4.69) is 0 Å². The van der Waals surface area contributed by atoms with Gasteiger partial charge in [0.25, 0.3) is 5.91 Å². The molecule has 0 aliphatic heterocycles. The Morgan fingerprint density at radius 1 is 1.04 bits per heavy atom. The summed E-state index contributed by atoms with van der Waals surface area (Å²) in [6.45, 7) is 0. The first kappa shape index (κ1) is 17.7. The molecule has 0 fully saturated rings. The van der Waals surface area contributed by atoms with E-state index >= 15 is 0 Å². The van der Waals surface area contributed by atoms with Gasteiger partial charge in [-0.25, -0.2) is 8.42 Å². The Kier molecular flexibility index (Phi) is 4.23. The molecule has 0 saturated heterocycles. The van der Waals surface area contributed by atoms with Gasteiger partial charge in [-0.1, -0.05) is 18.2 Å². The number of carbonyl (C=O) groups excluding carboxylic acids is 1. The van der Waals surface area contributed by atoms with Gasteiger partial charge >= 0.3 is 0 Å². The standard InChI is InChI=1S/C21H20N2O3S/c1-23(14-10-12-15(13-11-14)27(2,25)26)21(24)20-16-6-3-4-8-18(16)22-19-9-5-7-17(19)20/h3-4,6,8,10-13H,5,7,9H2,1-2H3. The summed E-state index contributed by atoms with van der Waals surface area (Å²) in [7, 11) is -1.55. The van der Waals surface area contributed by atoms with Gasteiger partial charge < -0.3 is 4.90 Å². The Bertz CT molecular complexity index is 1150. The second-order valence-electron chi connectivity index (χ2n) is 6.91. The van der Waals surface area contributed by atoms with E-state index in [4.69, 9.17) is 4.98 Å². The number of aryl methyl sites for hydroxylation is 1. The van der Waals surface area contributed by atoms with E-state index in [1.54, 1.807) is 24.1 Å². The normalized spacial score (nSPS) is 13.6. The van der Waals surface area contributed by atoms with Crippen LogP contribution in [0.4, 0.5) is 5.69 Å². The van der Waals surface area contributed by atoms with Crippen LogP contribution in [0.1, 0.15) is 28.0 Å². The highest BCUT2D eigenvalue weighted by molar-refractivity contribution is 7.90. The molecule has 27 heavy (non-hydrogen) atoms. The third-order valence-electron chi connectivity index (χ3n) is 5.09. The zero-order chi connectivity index (χ0) is 19.2. The Morgan fingerprint density at radius 2 is 1.74 bits per heavy atom. The van der Waals surface area contributed by atoms with E-state index in [0.29, 0.717) is 11.3 Å². The van der Waals surface area contributed by atoms with E-state index < -0.39 is 9.84 Å². The summed E-state index contributed by atoms with van der Waals surface area (Å²) in [5, 5.41) is 0.864. The van der Waals surface area contributed by atoms with Crippen molar-refractivity contribution in [3.8, 4) is 0 Å². The van der Waals surface area contributed by atoms with Crippen LogP contribution in [-0.2, 0) is 22.7 Å². The monoisotopic (exact) mass is 380 g/mol. The molecule has 1 amide bonds. The van der Waals surface area contributed by atoms with Gasteiger partial charge in [0.05, 0.1) is 16.0 Å². The van der Waals surface area contributed by atoms with Gasteiger partial charge in [0.15, 0.2) is 9.84 Å². The van der Waals surface area contributed by atoms with Gasteiger partial charge in [0.2, 0.25) is 0 Å². The predicted molar refractivity (Wildman–Crippen MR) is 106 cm³/mol. The molecule has 0 unspecified atom stereocenters. The van der Waals surface area contributed by atoms with Gasteiger partial charge in [-0.2, -0.15) is 0 Å². The molecule has 0 radical (unpaired) electrons. The molecule has 1 heterocycles. The minimum atomic E-state index is -3.27. The highest BCUT2D eigenvalue weighted by Crippen LogP contribution is 2.31. The molecule has 3 aromatic rings. The predicted octanol–water partition coefficient (Wildman–Crippen LogP) is 3.40. The number of hydrogen-bond donors (Lipinski definition) is 0. The van der Waals surface area contributed by atoms with Crippen LogP contribution in [0.25, 0.3) is 10.9 Å². The van der Waals surface area contributed by atoms with Crippen molar-refractivity contribution in [3.05, 3.63) is 65.4 Å². The van der Waals surface area contributed by atoms with Crippen molar-refractivity contribution in [2.75, 3.05) is 18.2 Å². The number of fused-ring (bicyclic) bond motifs is 2. The summed E-state index contributed by atoms with van der Waals surface area (Å²) >= 11 is 0. The molecular formula is C21H20N2O3S. The Balaban J connectivity index is 1.79. The fourth-order valence-electron chi connectivity index (χ4n) is 3.66. The molecule has 4 rings (SSSR count). The zero-order valence-electron chi connectivity index (χ0n) is 15.3. The Labute approximate surface area is 158 Å². The second kappa shape index (κ2) is 6.46. The van der Waals surface area contributed by atoms with Crippen LogP contribution >= 0.6 is 0 Å². The lowest BCUT2D eigenvalue weighted by molar-refractivity contribution is 0.0993. The Morgan fingerprint density at radius 3 is 2.44 bits per heavy atom. The molecule has 0 atom stereocenters. The maximum absolute atomic E-state index is 13.4. The molecule has 2 aromatic carbocycles. The van der Waals surface area contributed by atoms with Crippen LogP contribution in [0.15, 0.2) is 53.4 Å². The first-order valence-electron chi connectivity index (χ1n) is 8.85. The van der Waals surface area contributed by atoms with Gasteiger partial charge in [-0.3, -0.25) is 9.78 Å². The molecular weight excluding hydrogens is 360 g/mol. The molecule has 5 nitrogen and oxygen atoms in total. The van der Waals surface area contributed by atoms with E-state index in [1.807, 2.05) is 24.3 Å². The van der Waals surface area contributed by atoms with Crippen molar-refractivity contribution in [1.82, 2.24) is 4.98 Å². The van der Waals surface area contributed by atoms with Crippen molar-refractivity contribution in [2.45, 2.75) is 24.2 Å². The smallest absolute Gasteiger partial charge is 0.259 e. The molecule has 1 aliphatic rings. The summed E-state index contributed by atoms with van der Waals surface area (Å²) in [4.78, 5) is 19.9. The van der Waals surface area contributed by atoms with Crippen molar-refractivity contribution in [2.24, 2.45) is 0 Å². The molecule has 1 aromatic heterocycles. The number of benzene rings is 2. The Hall–Kier alpha value is -2.73. The lowest BCUT2D eigenvalue weighted by Gasteiger charge is -2.20. The SMILES string of the molecule is CN(C(=O)c1c2c(nc3ccccc13)CCC2)c1ccc(S(C)(=O)=O)cc1. The fourth-order valence-corrected chi connectivity index (χ4v) is 4.29. The van der Waals surface area contributed by atoms with Crippen LogP contribution in [-0.4, -0.2) is 32.6 Å². The molecule has 138 valence electrons. The maximum atomic E-state index is 13.4. The first-order valence-corrected chi connectivity index (χ1v) is 10.7. The molecule has 0 bridgehead atoms. The van der Waals surface area contributed by atoms with Gasteiger partial charge in [0, 0.05) is 30.1 Å². The van der Waals surface area contributed by atoms with Crippen molar-refractivity contribution in [1.29, 1.82) is 0 Å².